The fourth-order valence-corrected chi connectivity index (χ4v) is 5.42. The molecule has 1 saturated heterocycles. The summed E-state index contributed by atoms with van der Waals surface area (Å²) in [5, 5.41) is 9.11. The van der Waals surface area contributed by atoms with Gasteiger partial charge in [-0.1, -0.05) is 30.8 Å². The smallest absolute Gasteiger partial charge is 0.162 e. The predicted molar refractivity (Wildman–Crippen MR) is 123 cm³/mol. The maximum absolute atomic E-state index is 12.2. The summed E-state index contributed by atoms with van der Waals surface area (Å²) in [6.07, 6.45) is 1.63. The molecule has 0 aromatic heterocycles. The summed E-state index contributed by atoms with van der Waals surface area (Å²) in [6.45, 7) is 9.23. The average molecular weight is 426 g/mol. The summed E-state index contributed by atoms with van der Waals surface area (Å²) < 4.78 is 0. The van der Waals surface area contributed by atoms with Crippen LogP contribution >= 0.6 is 11.8 Å². The van der Waals surface area contributed by atoms with Gasteiger partial charge < -0.3 is 14.9 Å². The molecule has 2 heterocycles. The number of hydrogen-bond acceptors (Lipinski definition) is 6. The third-order valence-electron chi connectivity index (χ3n) is 6.01. The van der Waals surface area contributed by atoms with Crippen LogP contribution in [0.15, 0.2) is 52.3 Å². The van der Waals surface area contributed by atoms with E-state index in [1.807, 2.05) is 13.0 Å². The minimum Gasteiger partial charge on any atom is -0.395 e. The molecule has 0 amide bonds. The Bertz CT molecular complexity index is 881. The van der Waals surface area contributed by atoms with Crippen LogP contribution in [0.1, 0.15) is 30.1 Å². The molecule has 2 aromatic rings. The first kappa shape index (κ1) is 21.4. The highest BCUT2D eigenvalue weighted by atomic mass is 32.2. The van der Waals surface area contributed by atoms with E-state index in [4.69, 9.17) is 5.11 Å². The van der Waals surface area contributed by atoms with Crippen molar-refractivity contribution in [2.75, 3.05) is 57.3 Å². The third kappa shape index (κ3) is 4.72. The van der Waals surface area contributed by atoms with Crippen molar-refractivity contribution < 1.29 is 9.90 Å². The van der Waals surface area contributed by atoms with E-state index in [1.54, 1.807) is 11.8 Å². The Morgan fingerprint density at radius 1 is 0.933 bits per heavy atom. The zero-order chi connectivity index (χ0) is 20.9. The molecule has 4 rings (SSSR count). The van der Waals surface area contributed by atoms with Gasteiger partial charge >= 0.3 is 0 Å². The van der Waals surface area contributed by atoms with E-state index >= 15 is 0 Å². The van der Waals surface area contributed by atoms with Crippen molar-refractivity contribution in [2.45, 2.75) is 29.6 Å². The fraction of sp³-hybridized carbons (Fsp3) is 0.458. The summed E-state index contributed by atoms with van der Waals surface area (Å²) in [5.41, 5.74) is 3.28. The molecule has 0 aliphatic carbocycles. The van der Waals surface area contributed by atoms with Crippen molar-refractivity contribution in [3.63, 3.8) is 0 Å². The number of hydrogen-bond donors (Lipinski definition) is 1. The molecule has 0 atom stereocenters. The van der Waals surface area contributed by atoms with Crippen molar-refractivity contribution >= 4 is 28.9 Å². The molecule has 2 aliphatic rings. The molecule has 0 unspecified atom stereocenters. The molecular formula is C24H31N3O2S. The van der Waals surface area contributed by atoms with Crippen molar-refractivity contribution in [1.29, 1.82) is 0 Å². The van der Waals surface area contributed by atoms with Crippen LogP contribution in [0.3, 0.4) is 0 Å². The Morgan fingerprint density at radius 3 is 2.37 bits per heavy atom. The van der Waals surface area contributed by atoms with E-state index < -0.39 is 0 Å². The number of aliphatic hydroxyl groups excluding tert-OH is 1. The largest absolute Gasteiger partial charge is 0.395 e. The number of aliphatic hydroxyl groups is 1. The second-order valence-electron chi connectivity index (χ2n) is 7.94. The highest BCUT2D eigenvalue weighted by Crippen LogP contribution is 2.48. The number of piperazine rings is 1. The fourth-order valence-electron chi connectivity index (χ4n) is 4.28. The van der Waals surface area contributed by atoms with Crippen LogP contribution in [0, 0.1) is 0 Å². The average Bonchev–Trinajstić information content (AvgIpc) is 2.79. The van der Waals surface area contributed by atoms with Gasteiger partial charge in [-0.15, -0.1) is 0 Å². The number of β-amino-alcohol motifs (C(OH)–C–C–N with tert-alkyl or cyclic N) is 1. The molecule has 30 heavy (non-hydrogen) atoms. The second kappa shape index (κ2) is 9.96. The number of nitrogens with zero attached hydrogens (tertiary/aromatic N) is 3. The van der Waals surface area contributed by atoms with Crippen molar-refractivity contribution in [1.82, 2.24) is 9.80 Å². The Kier molecular flexibility index (Phi) is 7.10. The molecule has 5 nitrogen and oxygen atoms in total. The number of rotatable bonds is 8. The van der Waals surface area contributed by atoms with Crippen LogP contribution in [0.5, 0.6) is 0 Å². The van der Waals surface area contributed by atoms with E-state index in [-0.39, 0.29) is 12.4 Å². The molecule has 0 radical (unpaired) electrons. The van der Waals surface area contributed by atoms with Gasteiger partial charge in [-0.25, -0.2) is 0 Å². The highest BCUT2D eigenvalue weighted by Gasteiger charge is 2.24. The number of ketones is 1. The van der Waals surface area contributed by atoms with Gasteiger partial charge in [0.15, 0.2) is 5.78 Å². The summed E-state index contributed by atoms with van der Waals surface area (Å²) in [4.78, 5) is 21.9. The highest BCUT2D eigenvalue weighted by molar-refractivity contribution is 7.99. The van der Waals surface area contributed by atoms with Crippen LogP contribution < -0.4 is 4.90 Å². The number of fused-ring (bicyclic) bond motifs is 2. The van der Waals surface area contributed by atoms with Gasteiger partial charge in [-0.2, -0.15) is 0 Å². The standard InChI is InChI=1S/C24H31N3O2S/c1-2-22(29)19-8-9-21-24(18-19)30-23-7-4-3-6-20(23)27(21)11-5-10-25-12-14-26(15-13-25)16-17-28/h3-4,6-9,18,28H,2,5,10-17H2,1H3. The number of Topliss-reactive ketones (excluding diaryl/α,β-unsaturated/α-hetero) is 1. The maximum atomic E-state index is 12.2. The molecule has 0 saturated carbocycles. The zero-order valence-corrected chi connectivity index (χ0v) is 18.5. The predicted octanol–water partition coefficient (Wildman–Crippen LogP) is 3.88. The van der Waals surface area contributed by atoms with E-state index in [0.717, 1.165) is 57.8 Å². The number of carbonyl (C=O) groups is 1. The van der Waals surface area contributed by atoms with Crippen LogP contribution in [-0.2, 0) is 0 Å². The summed E-state index contributed by atoms with van der Waals surface area (Å²) >= 11 is 1.76. The van der Waals surface area contributed by atoms with Crippen molar-refractivity contribution in [2.24, 2.45) is 0 Å². The molecule has 0 bridgehead atoms. The van der Waals surface area contributed by atoms with Gasteiger partial charge in [-0.05, 0) is 43.3 Å². The van der Waals surface area contributed by atoms with Gasteiger partial charge in [0.1, 0.15) is 0 Å². The lowest BCUT2D eigenvalue weighted by atomic mass is 10.1. The molecule has 1 fully saturated rings. The van der Waals surface area contributed by atoms with E-state index in [1.165, 1.54) is 21.2 Å². The first-order valence-corrected chi connectivity index (χ1v) is 11.8. The first-order valence-electron chi connectivity index (χ1n) is 11.0. The van der Waals surface area contributed by atoms with Gasteiger partial charge in [0, 0.05) is 61.0 Å². The molecule has 6 heteroatoms. The number of anilines is 2. The maximum Gasteiger partial charge on any atom is 0.162 e. The lowest BCUT2D eigenvalue weighted by Crippen LogP contribution is -2.47. The minimum atomic E-state index is 0.198. The molecule has 2 aliphatic heterocycles. The first-order chi connectivity index (χ1) is 14.7. The quantitative estimate of drug-likeness (QED) is 0.648. The topological polar surface area (TPSA) is 47.0 Å². The van der Waals surface area contributed by atoms with Crippen LogP contribution in [-0.4, -0.2) is 73.1 Å². The Labute approximate surface area is 183 Å². The lowest BCUT2D eigenvalue weighted by Gasteiger charge is -2.36. The van der Waals surface area contributed by atoms with E-state index in [2.05, 4.69) is 51.1 Å². The Hall–Kier alpha value is -1.86. The van der Waals surface area contributed by atoms with Gasteiger partial charge in [0.05, 0.1) is 18.0 Å². The Balaban J connectivity index is 1.45. The number of benzene rings is 2. The zero-order valence-electron chi connectivity index (χ0n) is 17.7. The van der Waals surface area contributed by atoms with Crippen molar-refractivity contribution in [3.05, 3.63) is 48.0 Å². The lowest BCUT2D eigenvalue weighted by molar-refractivity contribution is 0.0988. The third-order valence-corrected chi connectivity index (χ3v) is 7.12. The van der Waals surface area contributed by atoms with Gasteiger partial charge in [0.25, 0.3) is 0 Å². The molecular weight excluding hydrogens is 394 g/mol. The monoisotopic (exact) mass is 425 g/mol. The summed E-state index contributed by atoms with van der Waals surface area (Å²) in [7, 11) is 0. The van der Waals surface area contributed by atoms with Gasteiger partial charge in [0.2, 0.25) is 0 Å². The van der Waals surface area contributed by atoms with E-state index in [0.29, 0.717) is 6.42 Å². The molecule has 160 valence electrons. The minimum absolute atomic E-state index is 0.198. The van der Waals surface area contributed by atoms with E-state index in [9.17, 15) is 4.79 Å². The van der Waals surface area contributed by atoms with Crippen LogP contribution in [0.4, 0.5) is 11.4 Å². The summed E-state index contributed by atoms with van der Waals surface area (Å²) in [6, 6.07) is 14.7. The molecule has 1 N–H and O–H groups in total. The SMILES string of the molecule is CCC(=O)c1ccc2c(c1)Sc1ccccc1N2CCCN1CCN(CCO)CC1. The number of carbonyl (C=O) groups excluding carboxylic acids is 1. The second-order valence-corrected chi connectivity index (χ2v) is 9.02. The molecule has 2 aromatic carbocycles. The normalized spacial score (nSPS) is 16.9. The van der Waals surface area contributed by atoms with Gasteiger partial charge in [-0.3, -0.25) is 9.69 Å². The van der Waals surface area contributed by atoms with Crippen LogP contribution in [0.25, 0.3) is 0 Å². The number of para-hydroxylation sites is 1. The Morgan fingerprint density at radius 2 is 1.63 bits per heavy atom. The van der Waals surface area contributed by atoms with Crippen molar-refractivity contribution in [3.8, 4) is 0 Å². The molecule has 0 spiro atoms. The summed E-state index contributed by atoms with van der Waals surface area (Å²) in [5.74, 6) is 0.198. The van der Waals surface area contributed by atoms with Crippen LogP contribution in [0.2, 0.25) is 0 Å².